The van der Waals surface area contributed by atoms with E-state index in [1.165, 1.54) is 12.1 Å². The molecule has 1 atom stereocenters. The summed E-state index contributed by atoms with van der Waals surface area (Å²) >= 11 is 0.845. The van der Waals surface area contributed by atoms with Crippen LogP contribution in [0.3, 0.4) is 0 Å². The predicted molar refractivity (Wildman–Crippen MR) is 68.4 cm³/mol. The molecule has 0 heterocycles. The van der Waals surface area contributed by atoms with Gasteiger partial charge in [0.25, 0.3) is 10.1 Å². The Morgan fingerprint density at radius 3 is 2.61 bits per heavy atom. The van der Waals surface area contributed by atoms with Crippen LogP contribution in [0.15, 0.2) is 29.2 Å². The maximum Gasteiger partial charge on any atom is 0.297 e. The van der Waals surface area contributed by atoms with Crippen LogP contribution in [0.1, 0.15) is 5.56 Å². The van der Waals surface area contributed by atoms with E-state index in [9.17, 15) is 13.5 Å². The van der Waals surface area contributed by atoms with Gasteiger partial charge in [0, 0.05) is 5.75 Å². The third kappa shape index (κ3) is 4.66. The van der Waals surface area contributed by atoms with Crippen molar-refractivity contribution in [2.75, 3.05) is 12.4 Å². The molecular weight excluding hydrogens is 274 g/mol. The molecule has 0 radical (unpaired) electrons. The van der Waals surface area contributed by atoms with Gasteiger partial charge in [-0.25, -0.2) is 0 Å². The van der Waals surface area contributed by atoms with Gasteiger partial charge in [-0.2, -0.15) is 13.7 Å². The first-order valence-electron chi connectivity index (χ1n) is 5.11. The second kappa shape index (κ2) is 6.75. The second-order valence-corrected chi connectivity index (χ2v) is 6.03. The summed E-state index contributed by atoms with van der Waals surface area (Å²) in [6, 6.07) is 6.22. The van der Waals surface area contributed by atoms with Gasteiger partial charge >= 0.3 is 0 Å². The van der Waals surface area contributed by atoms with E-state index in [2.05, 4.69) is 0 Å². The first-order valence-corrected chi connectivity index (χ1v) is 7.50. The van der Waals surface area contributed by atoms with Crippen LogP contribution in [0.25, 0.3) is 0 Å². The Bertz CT molecular complexity index is 519. The Morgan fingerprint density at radius 2 is 2.06 bits per heavy atom. The van der Waals surface area contributed by atoms with Crippen molar-refractivity contribution in [3.8, 4) is 5.40 Å². The van der Waals surface area contributed by atoms with Gasteiger partial charge in [-0.3, -0.25) is 4.18 Å². The van der Waals surface area contributed by atoms with Crippen LogP contribution < -0.4 is 0 Å². The number of hydrogen-bond acceptors (Lipinski definition) is 6. The van der Waals surface area contributed by atoms with Gasteiger partial charge in [0.2, 0.25) is 0 Å². The third-order valence-corrected chi connectivity index (χ3v) is 4.04. The quantitative estimate of drug-likeness (QED) is 0.626. The standard InChI is InChI=1S/C11H13NO4S2/c1-9-2-4-11(5-3-9)18(14,15)16-6-10(13)7-17-8-12/h2-5,10,13H,6-7H2,1H3/t10-/m0/s1. The van der Waals surface area contributed by atoms with Crippen LogP contribution in [0, 0.1) is 17.6 Å². The van der Waals surface area contributed by atoms with Crippen LogP contribution >= 0.6 is 11.8 Å². The molecule has 0 fully saturated rings. The topological polar surface area (TPSA) is 87.4 Å². The summed E-state index contributed by atoms with van der Waals surface area (Å²) in [5.41, 5.74) is 0.944. The molecule has 5 nitrogen and oxygen atoms in total. The minimum atomic E-state index is -3.85. The molecular formula is C11H13NO4S2. The molecule has 0 saturated heterocycles. The molecule has 1 aromatic carbocycles. The highest BCUT2D eigenvalue weighted by Crippen LogP contribution is 2.14. The van der Waals surface area contributed by atoms with Crippen molar-refractivity contribution in [2.45, 2.75) is 17.9 Å². The fraction of sp³-hybridized carbons (Fsp3) is 0.364. The number of nitriles is 1. The van der Waals surface area contributed by atoms with E-state index < -0.39 is 16.2 Å². The lowest BCUT2D eigenvalue weighted by molar-refractivity contribution is 0.130. The second-order valence-electron chi connectivity index (χ2n) is 3.61. The molecule has 1 aromatic rings. The Kier molecular flexibility index (Phi) is 5.62. The summed E-state index contributed by atoms with van der Waals surface area (Å²) in [7, 11) is -3.85. The van der Waals surface area contributed by atoms with Crippen LogP contribution in [0.2, 0.25) is 0 Å². The number of aryl methyl sites for hydroxylation is 1. The largest absolute Gasteiger partial charge is 0.390 e. The molecule has 0 saturated carbocycles. The lowest BCUT2D eigenvalue weighted by Gasteiger charge is -2.09. The molecule has 0 spiro atoms. The van der Waals surface area contributed by atoms with E-state index in [-0.39, 0.29) is 17.3 Å². The van der Waals surface area contributed by atoms with Gasteiger partial charge in [0.05, 0.1) is 17.6 Å². The zero-order valence-electron chi connectivity index (χ0n) is 9.74. The van der Waals surface area contributed by atoms with Crippen molar-refractivity contribution in [3.05, 3.63) is 29.8 Å². The smallest absolute Gasteiger partial charge is 0.297 e. The first-order chi connectivity index (χ1) is 8.45. The molecule has 0 unspecified atom stereocenters. The highest BCUT2D eigenvalue weighted by molar-refractivity contribution is 8.03. The van der Waals surface area contributed by atoms with Crippen LogP contribution in [0.4, 0.5) is 0 Å². The third-order valence-electron chi connectivity index (χ3n) is 2.07. The summed E-state index contributed by atoms with van der Waals surface area (Å²) in [5, 5.41) is 19.4. The Balaban J connectivity index is 2.60. The molecule has 7 heteroatoms. The molecule has 98 valence electrons. The van der Waals surface area contributed by atoms with Gasteiger partial charge in [-0.05, 0) is 30.8 Å². The molecule has 0 aliphatic heterocycles. The van der Waals surface area contributed by atoms with E-state index >= 15 is 0 Å². The van der Waals surface area contributed by atoms with Crippen molar-refractivity contribution < 1.29 is 17.7 Å². The number of rotatable bonds is 6. The maximum atomic E-state index is 11.7. The predicted octanol–water partition coefficient (Wildman–Crippen LogP) is 1.28. The molecule has 1 rings (SSSR count). The summed E-state index contributed by atoms with van der Waals surface area (Å²) in [6.45, 7) is 1.49. The van der Waals surface area contributed by atoms with Crippen molar-refractivity contribution in [2.24, 2.45) is 0 Å². The number of aliphatic hydroxyl groups is 1. The Labute approximate surface area is 111 Å². The van der Waals surface area contributed by atoms with Crippen LogP contribution in [-0.2, 0) is 14.3 Å². The van der Waals surface area contributed by atoms with Gasteiger partial charge in [0.15, 0.2) is 0 Å². The molecule has 1 N–H and O–H groups in total. The van der Waals surface area contributed by atoms with Gasteiger partial charge in [0.1, 0.15) is 5.40 Å². The minimum Gasteiger partial charge on any atom is -0.390 e. The number of thioether (sulfide) groups is 1. The van der Waals surface area contributed by atoms with Gasteiger partial charge < -0.3 is 5.11 Å². The van der Waals surface area contributed by atoms with E-state index in [0.29, 0.717) is 0 Å². The number of thiocyanates is 1. The van der Waals surface area contributed by atoms with Gasteiger partial charge in [-0.15, -0.1) is 0 Å². The van der Waals surface area contributed by atoms with Crippen LogP contribution in [-0.4, -0.2) is 32.0 Å². The average molecular weight is 287 g/mol. The zero-order chi connectivity index (χ0) is 13.6. The highest BCUT2D eigenvalue weighted by atomic mass is 32.2. The molecule has 18 heavy (non-hydrogen) atoms. The zero-order valence-corrected chi connectivity index (χ0v) is 11.4. The highest BCUT2D eigenvalue weighted by Gasteiger charge is 2.17. The molecule has 0 aromatic heterocycles. The van der Waals surface area contributed by atoms with E-state index in [1.807, 2.05) is 6.92 Å². The Morgan fingerprint density at radius 1 is 1.44 bits per heavy atom. The monoisotopic (exact) mass is 287 g/mol. The molecule has 0 amide bonds. The summed E-state index contributed by atoms with van der Waals surface area (Å²) in [5.74, 6) is 0.111. The lowest BCUT2D eigenvalue weighted by atomic mass is 10.2. The SMILES string of the molecule is Cc1ccc(S(=O)(=O)OC[C@H](O)CSC#N)cc1. The van der Waals surface area contributed by atoms with Crippen molar-refractivity contribution in [1.82, 2.24) is 0 Å². The van der Waals surface area contributed by atoms with E-state index in [1.54, 1.807) is 17.5 Å². The van der Waals surface area contributed by atoms with Gasteiger partial charge in [-0.1, -0.05) is 17.7 Å². The maximum absolute atomic E-state index is 11.7. The summed E-state index contributed by atoms with van der Waals surface area (Å²) in [4.78, 5) is 0.0493. The molecule has 0 aliphatic rings. The fourth-order valence-electron chi connectivity index (χ4n) is 1.12. The number of hydrogen-bond donors (Lipinski definition) is 1. The first kappa shape index (κ1) is 15.0. The van der Waals surface area contributed by atoms with Crippen LogP contribution in [0.5, 0.6) is 0 Å². The van der Waals surface area contributed by atoms with Crippen molar-refractivity contribution in [3.63, 3.8) is 0 Å². The van der Waals surface area contributed by atoms with Crippen molar-refractivity contribution >= 4 is 21.9 Å². The van der Waals surface area contributed by atoms with E-state index in [0.717, 1.165) is 17.3 Å². The van der Waals surface area contributed by atoms with E-state index in [4.69, 9.17) is 9.44 Å². The Hall–Kier alpha value is -1.07. The average Bonchev–Trinajstić information content (AvgIpc) is 2.34. The molecule has 0 aliphatic carbocycles. The number of nitrogens with zero attached hydrogens (tertiary/aromatic N) is 1. The number of aliphatic hydroxyl groups excluding tert-OH is 1. The molecule has 0 bridgehead atoms. The van der Waals surface area contributed by atoms with Crippen molar-refractivity contribution in [1.29, 1.82) is 5.26 Å². The summed E-state index contributed by atoms with van der Waals surface area (Å²) < 4.78 is 28.1. The number of benzene rings is 1. The minimum absolute atomic E-state index is 0.0493. The lowest BCUT2D eigenvalue weighted by Crippen LogP contribution is -2.20. The fourth-order valence-corrected chi connectivity index (χ4v) is 2.43. The summed E-state index contributed by atoms with van der Waals surface area (Å²) in [6.07, 6.45) is -0.991. The normalized spacial score (nSPS) is 12.9.